The molecule has 0 radical (unpaired) electrons. The molecule has 0 saturated heterocycles. The summed E-state index contributed by atoms with van der Waals surface area (Å²) in [6.07, 6.45) is -0.0435. The van der Waals surface area contributed by atoms with Crippen LogP contribution in [0, 0.1) is 5.92 Å². The minimum atomic E-state index is -0.281. The van der Waals surface area contributed by atoms with E-state index in [-0.39, 0.29) is 23.8 Å². The largest absolute Gasteiger partial charge is 0.490 e. The van der Waals surface area contributed by atoms with E-state index in [1.165, 1.54) is 0 Å². The summed E-state index contributed by atoms with van der Waals surface area (Å²) in [7, 11) is 0. The van der Waals surface area contributed by atoms with Gasteiger partial charge in [-0.2, -0.15) is 0 Å². The molecule has 0 unspecified atom stereocenters. The van der Waals surface area contributed by atoms with E-state index >= 15 is 0 Å². The fourth-order valence-corrected chi connectivity index (χ4v) is 1.87. The lowest BCUT2D eigenvalue weighted by molar-refractivity contribution is -0.123. The molecule has 0 fully saturated rings. The number of halogens is 1. The molecule has 22 heavy (non-hydrogen) atoms. The zero-order valence-corrected chi connectivity index (χ0v) is 14.2. The van der Waals surface area contributed by atoms with Crippen LogP contribution in [0.1, 0.15) is 38.1 Å². The highest BCUT2D eigenvalue weighted by atomic mass is 35.5. The Kier molecular flexibility index (Phi) is 7.18. The van der Waals surface area contributed by atoms with Crippen molar-refractivity contribution in [2.24, 2.45) is 5.92 Å². The monoisotopic (exact) mass is 326 g/mol. The Balaban J connectivity index is 2.61. The predicted octanol–water partition coefficient (Wildman–Crippen LogP) is 2.63. The van der Waals surface area contributed by atoms with Gasteiger partial charge in [-0.25, -0.2) is 0 Å². The van der Waals surface area contributed by atoms with E-state index in [0.717, 1.165) is 0 Å². The summed E-state index contributed by atoms with van der Waals surface area (Å²) in [6.45, 7) is 8.12. The fourth-order valence-electron chi connectivity index (χ4n) is 1.70. The molecule has 0 aromatic heterocycles. The molecule has 2 N–H and O–H groups in total. The molecule has 6 heteroatoms. The van der Waals surface area contributed by atoms with Gasteiger partial charge in [0.25, 0.3) is 5.91 Å². The van der Waals surface area contributed by atoms with Crippen LogP contribution in [0.2, 0.25) is 5.02 Å². The molecular formula is C16H23ClN2O3. The summed E-state index contributed by atoms with van der Waals surface area (Å²) in [5.74, 6) is 0.0931. The van der Waals surface area contributed by atoms with Crippen molar-refractivity contribution in [3.05, 3.63) is 28.8 Å². The van der Waals surface area contributed by atoms with Crippen LogP contribution < -0.4 is 15.4 Å². The van der Waals surface area contributed by atoms with Crippen molar-refractivity contribution >= 4 is 23.4 Å². The molecule has 2 amide bonds. The van der Waals surface area contributed by atoms with Gasteiger partial charge in [-0.3, -0.25) is 9.59 Å². The van der Waals surface area contributed by atoms with E-state index in [1.54, 1.807) is 18.2 Å². The molecule has 0 atom stereocenters. The molecule has 1 rings (SSSR count). The van der Waals surface area contributed by atoms with Gasteiger partial charge in [0.15, 0.2) is 0 Å². The molecule has 0 aliphatic rings. The Morgan fingerprint density at radius 2 is 1.77 bits per heavy atom. The topological polar surface area (TPSA) is 67.4 Å². The highest BCUT2D eigenvalue weighted by Gasteiger charge is 2.14. The van der Waals surface area contributed by atoms with Crippen LogP contribution in [0.3, 0.4) is 0 Å². The first-order valence-electron chi connectivity index (χ1n) is 7.33. The van der Waals surface area contributed by atoms with Gasteiger partial charge < -0.3 is 15.4 Å². The lowest BCUT2D eigenvalue weighted by atomic mass is 10.2. The summed E-state index contributed by atoms with van der Waals surface area (Å²) in [5.41, 5.74) is 0.386. The number of benzene rings is 1. The smallest absolute Gasteiger partial charge is 0.255 e. The molecule has 0 aliphatic heterocycles. The van der Waals surface area contributed by atoms with Crippen LogP contribution in [0.25, 0.3) is 0 Å². The second kappa shape index (κ2) is 8.63. The number of rotatable bonds is 7. The van der Waals surface area contributed by atoms with E-state index in [1.807, 2.05) is 27.7 Å². The van der Waals surface area contributed by atoms with E-state index < -0.39 is 0 Å². The molecule has 0 heterocycles. The Hall–Kier alpha value is -1.75. The van der Waals surface area contributed by atoms with Gasteiger partial charge in [0, 0.05) is 24.0 Å². The number of carbonyl (C=O) groups excluding carboxylic acids is 2. The third-order valence-corrected chi connectivity index (χ3v) is 3.02. The zero-order chi connectivity index (χ0) is 16.7. The van der Waals surface area contributed by atoms with Gasteiger partial charge in [0.2, 0.25) is 5.91 Å². The van der Waals surface area contributed by atoms with Crippen LogP contribution in [-0.4, -0.2) is 31.0 Å². The predicted molar refractivity (Wildman–Crippen MR) is 87.4 cm³/mol. The van der Waals surface area contributed by atoms with E-state index in [9.17, 15) is 9.59 Å². The van der Waals surface area contributed by atoms with Gasteiger partial charge in [0.1, 0.15) is 5.75 Å². The number of hydrogen-bond acceptors (Lipinski definition) is 3. The minimum Gasteiger partial charge on any atom is -0.490 e. The standard InChI is InChI=1S/C16H23ClN2O3/c1-10(2)15(20)18-7-8-19-16(21)13-9-12(17)5-6-14(13)22-11(3)4/h5-6,9-11H,7-8H2,1-4H3,(H,18,20)(H,19,21). The van der Waals surface area contributed by atoms with Gasteiger partial charge in [-0.05, 0) is 32.0 Å². The Morgan fingerprint density at radius 3 is 2.36 bits per heavy atom. The highest BCUT2D eigenvalue weighted by Crippen LogP contribution is 2.23. The first kappa shape index (κ1) is 18.3. The molecular weight excluding hydrogens is 304 g/mol. The number of amides is 2. The van der Waals surface area contributed by atoms with Crippen molar-refractivity contribution in [2.45, 2.75) is 33.8 Å². The molecule has 5 nitrogen and oxygen atoms in total. The van der Waals surface area contributed by atoms with Crippen molar-refractivity contribution in [1.29, 1.82) is 0 Å². The average molecular weight is 327 g/mol. The number of carbonyl (C=O) groups is 2. The zero-order valence-electron chi connectivity index (χ0n) is 13.4. The maximum Gasteiger partial charge on any atom is 0.255 e. The van der Waals surface area contributed by atoms with E-state index in [4.69, 9.17) is 16.3 Å². The Bertz CT molecular complexity index is 530. The van der Waals surface area contributed by atoms with Crippen LogP contribution in [0.5, 0.6) is 5.75 Å². The Morgan fingerprint density at radius 1 is 1.14 bits per heavy atom. The average Bonchev–Trinajstić information content (AvgIpc) is 2.44. The molecule has 0 bridgehead atoms. The molecule has 122 valence electrons. The van der Waals surface area contributed by atoms with Crippen LogP contribution in [-0.2, 0) is 4.79 Å². The Labute approximate surface area is 136 Å². The van der Waals surface area contributed by atoms with Crippen LogP contribution >= 0.6 is 11.6 Å². The SMILES string of the molecule is CC(C)Oc1ccc(Cl)cc1C(=O)NCCNC(=O)C(C)C. The molecule has 1 aromatic rings. The van der Waals surface area contributed by atoms with Crippen LogP contribution in [0.15, 0.2) is 18.2 Å². The third kappa shape index (κ3) is 5.93. The van der Waals surface area contributed by atoms with Crippen molar-refractivity contribution in [3.8, 4) is 5.75 Å². The van der Waals surface area contributed by atoms with Gasteiger partial charge >= 0.3 is 0 Å². The summed E-state index contributed by atoms with van der Waals surface area (Å²) in [4.78, 5) is 23.6. The summed E-state index contributed by atoms with van der Waals surface area (Å²) in [6, 6.07) is 4.93. The van der Waals surface area contributed by atoms with Gasteiger partial charge in [-0.1, -0.05) is 25.4 Å². The van der Waals surface area contributed by atoms with Crippen LogP contribution in [0.4, 0.5) is 0 Å². The normalized spacial score (nSPS) is 10.7. The maximum atomic E-state index is 12.2. The fraction of sp³-hybridized carbons (Fsp3) is 0.500. The van der Waals surface area contributed by atoms with Gasteiger partial charge in [0.05, 0.1) is 11.7 Å². The molecule has 0 spiro atoms. The number of nitrogens with one attached hydrogen (secondary N) is 2. The lowest BCUT2D eigenvalue weighted by Crippen LogP contribution is -2.36. The van der Waals surface area contributed by atoms with Crippen molar-refractivity contribution < 1.29 is 14.3 Å². The maximum absolute atomic E-state index is 12.2. The second-order valence-electron chi connectivity index (χ2n) is 5.51. The summed E-state index contributed by atoms with van der Waals surface area (Å²) < 4.78 is 5.61. The summed E-state index contributed by atoms with van der Waals surface area (Å²) >= 11 is 5.94. The van der Waals surface area contributed by atoms with E-state index in [2.05, 4.69) is 10.6 Å². The van der Waals surface area contributed by atoms with E-state index in [0.29, 0.717) is 29.4 Å². The molecule has 0 saturated carbocycles. The van der Waals surface area contributed by atoms with Crippen molar-refractivity contribution in [1.82, 2.24) is 10.6 Å². The lowest BCUT2D eigenvalue weighted by Gasteiger charge is -2.15. The second-order valence-corrected chi connectivity index (χ2v) is 5.95. The van der Waals surface area contributed by atoms with Gasteiger partial charge in [-0.15, -0.1) is 0 Å². The van der Waals surface area contributed by atoms with Crippen molar-refractivity contribution in [2.75, 3.05) is 13.1 Å². The highest BCUT2D eigenvalue weighted by molar-refractivity contribution is 6.31. The number of hydrogen-bond donors (Lipinski definition) is 2. The minimum absolute atomic E-state index is 0.0409. The third-order valence-electron chi connectivity index (χ3n) is 2.78. The molecule has 1 aromatic carbocycles. The summed E-state index contributed by atoms with van der Waals surface area (Å²) in [5, 5.41) is 5.94. The van der Waals surface area contributed by atoms with Crippen molar-refractivity contribution in [3.63, 3.8) is 0 Å². The first-order valence-corrected chi connectivity index (χ1v) is 7.71. The first-order chi connectivity index (χ1) is 10.3. The quantitative estimate of drug-likeness (QED) is 0.757. The number of ether oxygens (including phenoxy) is 1. The molecule has 0 aliphatic carbocycles.